The molecule has 0 unspecified atom stereocenters. The molecule has 0 atom stereocenters. The molecule has 3 aromatic rings. The standard InChI is InChI=1S/C26H26FN5O3S/c1-28-26(10-11-26)19-6-4-18(5-7-19)24-21-16-20(27)8-9-23(21)29-17-22(24)25(33)31-12-14-32(15-13-31)36(34,35)30(2)3/h4-9,16-17H,10-15H2,2-3H3. The minimum absolute atomic E-state index is 0.185. The first-order valence-corrected chi connectivity index (χ1v) is 13.1. The molecule has 5 rings (SSSR count). The van der Waals surface area contributed by atoms with Gasteiger partial charge in [-0.2, -0.15) is 17.0 Å². The molecule has 8 nitrogen and oxygen atoms in total. The van der Waals surface area contributed by atoms with Crippen molar-refractivity contribution in [2.24, 2.45) is 0 Å². The topological polar surface area (TPSA) is 78.2 Å². The predicted octanol–water partition coefficient (Wildman–Crippen LogP) is 3.51. The van der Waals surface area contributed by atoms with Crippen molar-refractivity contribution in [3.63, 3.8) is 0 Å². The number of aromatic nitrogens is 1. The smallest absolute Gasteiger partial charge is 0.281 e. The van der Waals surface area contributed by atoms with E-state index < -0.39 is 21.6 Å². The highest BCUT2D eigenvalue weighted by Gasteiger charge is 2.52. The molecule has 2 aliphatic rings. The van der Waals surface area contributed by atoms with Gasteiger partial charge in [0.1, 0.15) is 5.82 Å². The number of rotatable bonds is 5. The van der Waals surface area contributed by atoms with E-state index in [1.165, 1.54) is 36.7 Å². The molecular weight excluding hydrogens is 481 g/mol. The van der Waals surface area contributed by atoms with Gasteiger partial charge in [0.25, 0.3) is 21.7 Å². The minimum atomic E-state index is -3.56. The van der Waals surface area contributed by atoms with Crippen molar-refractivity contribution in [2.75, 3.05) is 40.3 Å². The van der Waals surface area contributed by atoms with Crippen LogP contribution in [0.2, 0.25) is 0 Å². The molecular formula is C26H26FN5O3S. The van der Waals surface area contributed by atoms with Crippen LogP contribution in [0.15, 0.2) is 48.7 Å². The average Bonchev–Trinajstić information content (AvgIpc) is 3.69. The molecule has 0 radical (unpaired) electrons. The molecule has 186 valence electrons. The second-order valence-electron chi connectivity index (χ2n) is 9.41. The van der Waals surface area contributed by atoms with E-state index in [4.69, 9.17) is 6.57 Å². The van der Waals surface area contributed by atoms with Crippen LogP contribution in [-0.4, -0.2) is 73.1 Å². The Labute approximate surface area is 209 Å². The fourth-order valence-corrected chi connectivity index (χ4v) is 5.78. The molecule has 2 aromatic carbocycles. The van der Waals surface area contributed by atoms with Crippen LogP contribution in [0, 0.1) is 12.4 Å². The van der Waals surface area contributed by atoms with Crippen molar-refractivity contribution in [1.29, 1.82) is 0 Å². The quantitative estimate of drug-likeness (QED) is 0.495. The third-order valence-corrected chi connectivity index (χ3v) is 8.96. The van der Waals surface area contributed by atoms with Gasteiger partial charge in [0, 0.05) is 75.8 Å². The Kier molecular flexibility index (Phi) is 6.03. The number of halogens is 1. The number of carbonyl (C=O) groups is 1. The number of pyridine rings is 1. The summed E-state index contributed by atoms with van der Waals surface area (Å²) >= 11 is 0. The van der Waals surface area contributed by atoms with E-state index in [-0.39, 0.29) is 32.1 Å². The predicted molar refractivity (Wildman–Crippen MR) is 135 cm³/mol. The van der Waals surface area contributed by atoms with Gasteiger partial charge in [-0.15, -0.1) is 0 Å². The summed E-state index contributed by atoms with van der Waals surface area (Å²) in [5.41, 5.74) is 2.69. The van der Waals surface area contributed by atoms with Gasteiger partial charge in [0.15, 0.2) is 0 Å². The molecule has 2 fully saturated rings. The minimum Gasteiger partial charge on any atom is -0.336 e. The monoisotopic (exact) mass is 507 g/mol. The van der Waals surface area contributed by atoms with Gasteiger partial charge >= 0.3 is 0 Å². The zero-order chi connectivity index (χ0) is 25.7. The van der Waals surface area contributed by atoms with E-state index in [0.29, 0.717) is 22.0 Å². The molecule has 1 aliphatic carbocycles. The molecule has 1 aliphatic heterocycles. The van der Waals surface area contributed by atoms with E-state index in [9.17, 15) is 17.6 Å². The summed E-state index contributed by atoms with van der Waals surface area (Å²) in [7, 11) is -0.599. The van der Waals surface area contributed by atoms with Crippen LogP contribution in [0.1, 0.15) is 28.8 Å². The summed E-state index contributed by atoms with van der Waals surface area (Å²) in [5, 5.41) is 0.522. The first-order chi connectivity index (χ1) is 17.2. The lowest BCUT2D eigenvalue weighted by Crippen LogP contribution is -2.53. The van der Waals surface area contributed by atoms with Gasteiger partial charge in [0.2, 0.25) is 0 Å². The molecule has 36 heavy (non-hydrogen) atoms. The molecule has 0 spiro atoms. The first-order valence-electron chi connectivity index (χ1n) is 11.7. The van der Waals surface area contributed by atoms with Crippen LogP contribution < -0.4 is 0 Å². The van der Waals surface area contributed by atoms with Gasteiger partial charge in [-0.25, -0.2) is 11.0 Å². The van der Waals surface area contributed by atoms with E-state index in [1.807, 2.05) is 24.3 Å². The fraction of sp³-hybridized carbons (Fsp3) is 0.346. The SMILES string of the molecule is [C-]#[N+]C1(c2ccc(-c3c(C(=O)N4CCN(S(=O)(=O)N(C)C)CC4)cnc4ccc(F)cc34)cc2)CC1. The summed E-state index contributed by atoms with van der Waals surface area (Å²) in [6.07, 6.45) is 3.17. The Morgan fingerprint density at radius 3 is 2.33 bits per heavy atom. The van der Waals surface area contributed by atoms with Gasteiger partial charge in [-0.3, -0.25) is 9.78 Å². The van der Waals surface area contributed by atoms with E-state index in [0.717, 1.165) is 28.3 Å². The molecule has 0 N–H and O–H groups in total. The normalized spacial score (nSPS) is 17.8. The Morgan fingerprint density at radius 1 is 1.08 bits per heavy atom. The highest BCUT2D eigenvalue weighted by molar-refractivity contribution is 7.86. The number of carbonyl (C=O) groups excluding carboxylic acids is 1. The van der Waals surface area contributed by atoms with Crippen molar-refractivity contribution in [3.05, 3.63) is 77.0 Å². The van der Waals surface area contributed by atoms with Gasteiger partial charge in [-0.05, 0) is 23.8 Å². The summed E-state index contributed by atoms with van der Waals surface area (Å²) in [6.45, 7) is 8.36. The Morgan fingerprint density at radius 2 is 1.75 bits per heavy atom. The summed E-state index contributed by atoms with van der Waals surface area (Å²) in [5.74, 6) is -0.714. The maximum atomic E-state index is 14.3. The Hall–Kier alpha value is -3.39. The molecule has 2 heterocycles. The van der Waals surface area contributed by atoms with E-state index in [2.05, 4.69) is 9.83 Å². The average molecular weight is 508 g/mol. The number of hydrogen-bond donors (Lipinski definition) is 0. The van der Waals surface area contributed by atoms with Crippen molar-refractivity contribution in [1.82, 2.24) is 18.5 Å². The van der Waals surface area contributed by atoms with E-state index >= 15 is 0 Å². The molecule has 10 heteroatoms. The molecule has 1 saturated heterocycles. The lowest BCUT2D eigenvalue weighted by molar-refractivity contribution is 0.0695. The van der Waals surface area contributed by atoms with Crippen LogP contribution in [0.25, 0.3) is 26.9 Å². The number of benzene rings is 2. The maximum absolute atomic E-state index is 14.3. The Bertz CT molecular complexity index is 1490. The number of piperazine rings is 1. The van der Waals surface area contributed by atoms with Gasteiger partial charge in [-0.1, -0.05) is 24.3 Å². The summed E-state index contributed by atoms with van der Waals surface area (Å²) in [6, 6.07) is 11.9. The molecule has 1 saturated carbocycles. The Balaban J connectivity index is 1.52. The molecule has 0 bridgehead atoms. The van der Waals surface area contributed by atoms with Gasteiger partial charge < -0.3 is 9.74 Å². The van der Waals surface area contributed by atoms with Crippen molar-refractivity contribution in [2.45, 2.75) is 18.4 Å². The zero-order valence-electron chi connectivity index (χ0n) is 20.1. The molecule has 1 amide bonds. The molecule has 1 aromatic heterocycles. The third-order valence-electron chi connectivity index (χ3n) is 7.02. The van der Waals surface area contributed by atoms with Crippen LogP contribution in [0.3, 0.4) is 0 Å². The lowest BCUT2D eigenvalue weighted by Gasteiger charge is -2.35. The van der Waals surface area contributed by atoms with Crippen molar-refractivity contribution < 1.29 is 17.6 Å². The second kappa shape index (κ2) is 8.92. The highest BCUT2D eigenvalue weighted by atomic mass is 32.2. The van der Waals surface area contributed by atoms with E-state index in [1.54, 1.807) is 11.0 Å². The second-order valence-corrected chi connectivity index (χ2v) is 11.6. The van der Waals surface area contributed by atoms with Gasteiger partial charge in [0.05, 0.1) is 11.1 Å². The third kappa shape index (κ3) is 4.13. The highest BCUT2D eigenvalue weighted by Crippen LogP contribution is 2.50. The van der Waals surface area contributed by atoms with Crippen molar-refractivity contribution >= 4 is 27.0 Å². The summed E-state index contributed by atoms with van der Waals surface area (Å²) < 4.78 is 41.7. The van der Waals surface area contributed by atoms with Crippen molar-refractivity contribution in [3.8, 4) is 11.1 Å². The van der Waals surface area contributed by atoms with Crippen LogP contribution >= 0.6 is 0 Å². The number of hydrogen-bond acceptors (Lipinski definition) is 4. The fourth-order valence-electron chi connectivity index (χ4n) is 4.69. The lowest BCUT2D eigenvalue weighted by atomic mass is 9.93. The maximum Gasteiger partial charge on any atom is 0.281 e. The number of amides is 1. The zero-order valence-corrected chi connectivity index (χ0v) is 20.9. The van der Waals surface area contributed by atoms with Crippen LogP contribution in [0.4, 0.5) is 4.39 Å². The number of nitrogens with zero attached hydrogens (tertiary/aromatic N) is 5. The summed E-state index contributed by atoms with van der Waals surface area (Å²) in [4.78, 5) is 23.5. The largest absolute Gasteiger partial charge is 0.336 e. The van der Waals surface area contributed by atoms with Crippen LogP contribution in [-0.2, 0) is 15.7 Å². The first kappa shape index (κ1) is 24.3. The van der Waals surface area contributed by atoms with Crippen LogP contribution in [0.5, 0.6) is 0 Å². The number of fused-ring (bicyclic) bond motifs is 1.